The Balaban J connectivity index is 0.00000185. The minimum absolute atomic E-state index is 0. The van der Waals surface area contributed by atoms with Crippen LogP contribution in [-0.4, -0.2) is 19.9 Å². The second-order valence-corrected chi connectivity index (χ2v) is 7.49. The van der Waals surface area contributed by atoms with Crippen LogP contribution >= 0.6 is 0 Å². The Labute approximate surface area is 191 Å². The SMILES string of the molecule is [Pt+2].[c-]1c2cncc1c1cccc3cc(nc31)c1cc3cccc(c4[c-]c2cnc4)c3n1. The molecule has 0 aliphatic rings. The molecule has 0 amide bonds. The number of benzene rings is 2. The van der Waals surface area contributed by atoms with E-state index in [0.29, 0.717) is 0 Å². The van der Waals surface area contributed by atoms with E-state index in [9.17, 15) is 0 Å². The van der Waals surface area contributed by atoms with Crippen LogP contribution in [0.5, 0.6) is 0 Å². The third-order valence-electron chi connectivity index (χ3n) is 5.67. The number of hydrogen-bond acceptors (Lipinski definition) is 4. The van der Waals surface area contributed by atoms with Crippen LogP contribution in [0, 0.1) is 12.1 Å². The van der Waals surface area contributed by atoms with Gasteiger partial charge in [-0.25, -0.2) is 0 Å². The molecule has 0 saturated heterocycles. The van der Waals surface area contributed by atoms with Gasteiger partial charge in [0.05, 0.1) is 11.0 Å². The van der Waals surface area contributed by atoms with Gasteiger partial charge in [-0.1, -0.05) is 59.6 Å². The average Bonchev–Trinajstić information content (AvgIpc) is 3.42. The molecule has 0 aliphatic carbocycles. The van der Waals surface area contributed by atoms with Crippen molar-refractivity contribution in [3.05, 3.63) is 85.5 Å². The normalized spacial score (nSPS) is 11.6. The van der Waals surface area contributed by atoms with Gasteiger partial charge < -0.3 is 9.97 Å². The van der Waals surface area contributed by atoms with E-state index in [1.165, 1.54) is 0 Å². The molecule has 146 valence electrons. The molecule has 5 heteroatoms. The van der Waals surface area contributed by atoms with Crippen LogP contribution in [0.4, 0.5) is 0 Å². The van der Waals surface area contributed by atoms with Crippen LogP contribution in [0.25, 0.3) is 65.2 Å². The first-order chi connectivity index (χ1) is 14.8. The molecule has 8 bridgehead atoms. The topological polar surface area (TPSA) is 51.6 Å². The zero-order valence-electron chi connectivity index (χ0n) is 16.0. The van der Waals surface area contributed by atoms with Crippen molar-refractivity contribution < 1.29 is 21.1 Å². The molecule has 0 atom stereocenters. The van der Waals surface area contributed by atoms with Crippen molar-refractivity contribution in [3.63, 3.8) is 0 Å². The van der Waals surface area contributed by atoms with E-state index in [0.717, 1.165) is 65.2 Å². The van der Waals surface area contributed by atoms with Gasteiger partial charge in [0.25, 0.3) is 0 Å². The van der Waals surface area contributed by atoms with E-state index in [4.69, 9.17) is 9.97 Å². The van der Waals surface area contributed by atoms with E-state index in [-0.39, 0.29) is 21.1 Å². The maximum Gasteiger partial charge on any atom is 2.00 e. The van der Waals surface area contributed by atoms with Crippen LogP contribution in [-0.2, 0) is 21.1 Å². The molecule has 4 nitrogen and oxygen atoms in total. The molecule has 0 spiro atoms. The zero-order valence-corrected chi connectivity index (χ0v) is 18.3. The van der Waals surface area contributed by atoms with Gasteiger partial charge in [-0.3, -0.25) is 9.97 Å². The summed E-state index contributed by atoms with van der Waals surface area (Å²) in [6, 6.07) is 23.6. The van der Waals surface area contributed by atoms with Gasteiger partial charge in [-0.05, 0) is 35.3 Å². The van der Waals surface area contributed by atoms with Crippen molar-refractivity contribution in [2.45, 2.75) is 0 Å². The quantitative estimate of drug-likeness (QED) is 0.215. The van der Waals surface area contributed by atoms with Crippen molar-refractivity contribution in [3.8, 4) is 0 Å². The molecule has 0 aliphatic heterocycles. The van der Waals surface area contributed by atoms with Crippen molar-refractivity contribution >= 4 is 65.2 Å². The van der Waals surface area contributed by atoms with Crippen LogP contribution in [0.15, 0.2) is 73.3 Å². The van der Waals surface area contributed by atoms with Crippen molar-refractivity contribution in [2.24, 2.45) is 0 Å². The van der Waals surface area contributed by atoms with Crippen LogP contribution in [0.1, 0.15) is 0 Å². The molecular formula is C26H12N4Pt. The molecular weight excluding hydrogens is 563 g/mol. The maximum atomic E-state index is 4.96. The fourth-order valence-corrected chi connectivity index (χ4v) is 4.24. The van der Waals surface area contributed by atoms with Crippen LogP contribution < -0.4 is 0 Å². The first-order valence-electron chi connectivity index (χ1n) is 9.72. The Morgan fingerprint density at radius 1 is 0.548 bits per heavy atom. The summed E-state index contributed by atoms with van der Waals surface area (Å²) in [5.41, 5.74) is 3.61. The second-order valence-electron chi connectivity index (χ2n) is 7.49. The van der Waals surface area contributed by atoms with Gasteiger partial charge in [-0.2, -0.15) is 22.9 Å². The summed E-state index contributed by atoms with van der Waals surface area (Å²) < 4.78 is 0. The van der Waals surface area contributed by atoms with E-state index >= 15 is 0 Å². The fraction of sp³-hybridized carbons (Fsp3) is 0. The minimum Gasteiger partial charge on any atom is -0.349 e. The third-order valence-corrected chi connectivity index (χ3v) is 5.67. The first kappa shape index (κ1) is 18.3. The van der Waals surface area contributed by atoms with Gasteiger partial charge in [0.2, 0.25) is 0 Å². The Morgan fingerprint density at radius 2 is 1.00 bits per heavy atom. The van der Waals surface area contributed by atoms with Gasteiger partial charge >= 0.3 is 21.1 Å². The summed E-state index contributed by atoms with van der Waals surface area (Å²) in [6.45, 7) is 0. The predicted octanol–water partition coefficient (Wildman–Crippen LogP) is 5.78. The van der Waals surface area contributed by atoms with E-state index < -0.39 is 0 Å². The van der Waals surface area contributed by atoms with Crippen molar-refractivity contribution in [1.29, 1.82) is 0 Å². The number of fused-ring (bicyclic) bond motifs is 10. The molecule has 0 saturated carbocycles. The predicted molar refractivity (Wildman–Crippen MR) is 120 cm³/mol. The Bertz CT molecular complexity index is 1680. The summed E-state index contributed by atoms with van der Waals surface area (Å²) >= 11 is 0. The van der Waals surface area contributed by atoms with E-state index in [2.05, 4.69) is 58.5 Å². The van der Waals surface area contributed by atoms with Gasteiger partial charge in [0.1, 0.15) is 0 Å². The summed E-state index contributed by atoms with van der Waals surface area (Å²) in [6.07, 6.45) is 7.26. The number of rotatable bonds is 0. The third kappa shape index (κ3) is 2.72. The van der Waals surface area contributed by atoms with Crippen molar-refractivity contribution in [1.82, 2.24) is 19.9 Å². The molecule has 0 fully saturated rings. The van der Waals surface area contributed by atoms with Crippen LogP contribution in [0.3, 0.4) is 0 Å². The van der Waals surface area contributed by atoms with Gasteiger partial charge in [0, 0.05) is 11.0 Å². The zero-order chi connectivity index (χ0) is 19.7. The van der Waals surface area contributed by atoms with Gasteiger partial charge in [-0.15, -0.1) is 10.8 Å². The minimum atomic E-state index is 0. The largest absolute Gasteiger partial charge is 2.00 e. The van der Waals surface area contributed by atoms with E-state index in [1.807, 2.05) is 24.5 Å². The summed E-state index contributed by atoms with van der Waals surface area (Å²) in [5, 5.41) is 7.68. The molecule has 7 rings (SSSR count). The standard InChI is InChI=1S/C26H12N4.Pt/c1-3-15-9-23-24-10-16-4-2-6-22(26(16)30-24)20-8-18(12-28-14-20)17-7-19(13-27-11-17)21(5-1)25(15)29-23;/h1-6,9-14H;/q-2;+2. The average molecular weight is 575 g/mol. The molecule has 0 N–H and O–H groups in total. The van der Waals surface area contributed by atoms with Crippen LogP contribution in [0.2, 0.25) is 0 Å². The Morgan fingerprint density at radius 3 is 1.48 bits per heavy atom. The monoisotopic (exact) mass is 575 g/mol. The number of aromatic nitrogens is 4. The molecule has 0 radical (unpaired) electrons. The van der Waals surface area contributed by atoms with E-state index in [1.54, 1.807) is 12.4 Å². The number of para-hydroxylation sites is 2. The second kappa shape index (κ2) is 6.76. The molecule has 5 heterocycles. The smallest absolute Gasteiger partial charge is 0.349 e. The number of hydrogen-bond donors (Lipinski definition) is 0. The summed E-state index contributed by atoms with van der Waals surface area (Å²) in [4.78, 5) is 18.9. The molecule has 2 aromatic carbocycles. The van der Waals surface area contributed by atoms with Crippen molar-refractivity contribution in [2.75, 3.05) is 0 Å². The molecule has 5 aromatic heterocycles. The first-order valence-corrected chi connectivity index (χ1v) is 9.72. The molecule has 31 heavy (non-hydrogen) atoms. The number of nitrogens with zero attached hydrogens (tertiary/aromatic N) is 4. The Hall–Kier alpha value is -3.49. The Kier molecular flexibility index (Phi) is 3.99. The van der Waals surface area contributed by atoms with Gasteiger partial charge in [0.15, 0.2) is 0 Å². The summed E-state index contributed by atoms with van der Waals surface area (Å²) in [5.74, 6) is 0. The number of pyridine rings is 2. The fourth-order valence-electron chi connectivity index (χ4n) is 4.24. The maximum absolute atomic E-state index is 4.96. The summed E-state index contributed by atoms with van der Waals surface area (Å²) in [7, 11) is 0. The molecule has 0 unspecified atom stereocenters. The molecule has 7 aromatic rings.